The molecular weight excluding hydrogens is 224 g/mol. The third-order valence-corrected chi connectivity index (χ3v) is 3.03. The van der Waals surface area contributed by atoms with Gasteiger partial charge in [-0.15, -0.1) is 0 Å². The van der Waals surface area contributed by atoms with Crippen LogP contribution in [0.3, 0.4) is 0 Å². The van der Waals surface area contributed by atoms with E-state index in [1.54, 1.807) is 26.0 Å². The van der Waals surface area contributed by atoms with Crippen LogP contribution < -0.4 is 9.47 Å². The molecule has 0 spiro atoms. The lowest BCUT2D eigenvalue weighted by Crippen LogP contribution is -2.00. The Bertz CT molecular complexity index is 328. The van der Waals surface area contributed by atoms with Gasteiger partial charge in [0.25, 0.3) is 0 Å². The van der Waals surface area contributed by atoms with Gasteiger partial charge in [0.15, 0.2) is 11.5 Å². The lowest BCUT2D eigenvalue weighted by molar-refractivity contribution is 0.174. The Labute approximate surface area is 101 Å². The number of aliphatic hydroxyl groups excluding tert-OH is 1. The molecule has 0 saturated heterocycles. The molecule has 4 heteroatoms. The summed E-state index contributed by atoms with van der Waals surface area (Å²) in [5, 5.41) is 9.93. The highest BCUT2D eigenvalue weighted by Gasteiger charge is 2.11. The van der Waals surface area contributed by atoms with Gasteiger partial charge in [0.1, 0.15) is 0 Å². The van der Waals surface area contributed by atoms with Crippen molar-refractivity contribution in [2.24, 2.45) is 0 Å². The number of ether oxygens (including phenoxy) is 2. The summed E-state index contributed by atoms with van der Waals surface area (Å²) in [5.41, 5.74) is 0.867. The van der Waals surface area contributed by atoms with Gasteiger partial charge in [-0.05, 0) is 36.1 Å². The maximum absolute atomic E-state index is 9.93. The normalized spacial score (nSPS) is 12.2. The lowest BCUT2D eigenvalue weighted by Gasteiger charge is -2.13. The molecule has 16 heavy (non-hydrogen) atoms. The maximum Gasteiger partial charge on any atom is 0.161 e. The Kier molecular flexibility index (Phi) is 5.49. The zero-order valence-electron chi connectivity index (χ0n) is 9.90. The minimum atomic E-state index is -0.438. The number of rotatable bonds is 6. The molecule has 1 unspecified atom stereocenters. The maximum atomic E-state index is 9.93. The third-order valence-electron chi connectivity index (χ3n) is 2.39. The van der Waals surface area contributed by atoms with Gasteiger partial charge in [-0.3, -0.25) is 0 Å². The minimum Gasteiger partial charge on any atom is -0.493 e. The topological polar surface area (TPSA) is 38.7 Å². The average molecular weight is 242 g/mol. The SMILES string of the molecule is COc1ccc(C(O)CCSC)cc1OC. The molecule has 0 aliphatic rings. The van der Waals surface area contributed by atoms with Crippen molar-refractivity contribution in [3.05, 3.63) is 23.8 Å². The molecule has 1 N–H and O–H groups in total. The van der Waals surface area contributed by atoms with Gasteiger partial charge in [-0.1, -0.05) is 6.07 Å². The van der Waals surface area contributed by atoms with Gasteiger partial charge < -0.3 is 14.6 Å². The van der Waals surface area contributed by atoms with Crippen LogP contribution >= 0.6 is 11.8 Å². The summed E-state index contributed by atoms with van der Waals surface area (Å²) in [5.74, 6) is 2.28. The summed E-state index contributed by atoms with van der Waals surface area (Å²) in [7, 11) is 3.19. The van der Waals surface area contributed by atoms with E-state index in [9.17, 15) is 5.11 Å². The van der Waals surface area contributed by atoms with Crippen molar-refractivity contribution >= 4 is 11.8 Å². The van der Waals surface area contributed by atoms with Crippen molar-refractivity contribution in [2.75, 3.05) is 26.2 Å². The fourth-order valence-electron chi connectivity index (χ4n) is 1.46. The first-order valence-corrected chi connectivity index (χ1v) is 6.51. The van der Waals surface area contributed by atoms with E-state index in [4.69, 9.17) is 9.47 Å². The molecule has 90 valence electrons. The number of hydrogen-bond donors (Lipinski definition) is 1. The van der Waals surface area contributed by atoms with Gasteiger partial charge in [0, 0.05) is 0 Å². The zero-order valence-corrected chi connectivity index (χ0v) is 10.7. The Hall–Kier alpha value is -0.870. The Balaban J connectivity index is 2.81. The van der Waals surface area contributed by atoms with Crippen molar-refractivity contribution in [3.8, 4) is 11.5 Å². The molecule has 1 rings (SSSR count). The molecule has 1 atom stereocenters. The average Bonchev–Trinajstić information content (AvgIpc) is 2.34. The fourth-order valence-corrected chi connectivity index (χ4v) is 1.92. The predicted molar refractivity (Wildman–Crippen MR) is 67.5 cm³/mol. The Morgan fingerprint density at radius 2 is 1.94 bits per heavy atom. The summed E-state index contributed by atoms with van der Waals surface area (Å²) >= 11 is 1.73. The summed E-state index contributed by atoms with van der Waals surface area (Å²) in [4.78, 5) is 0. The first-order chi connectivity index (χ1) is 7.72. The van der Waals surface area contributed by atoms with Crippen LogP contribution in [-0.4, -0.2) is 31.3 Å². The van der Waals surface area contributed by atoms with Crippen molar-refractivity contribution < 1.29 is 14.6 Å². The molecule has 0 fully saturated rings. The van der Waals surface area contributed by atoms with E-state index in [2.05, 4.69) is 0 Å². The summed E-state index contributed by atoms with van der Waals surface area (Å²) in [6.07, 6.45) is 2.34. The fraction of sp³-hybridized carbons (Fsp3) is 0.500. The van der Waals surface area contributed by atoms with Crippen LogP contribution in [0.4, 0.5) is 0 Å². The first-order valence-electron chi connectivity index (χ1n) is 5.11. The molecule has 0 bridgehead atoms. The number of methoxy groups -OCH3 is 2. The van der Waals surface area contributed by atoms with Crippen LogP contribution in [0.15, 0.2) is 18.2 Å². The lowest BCUT2D eigenvalue weighted by atomic mass is 10.1. The summed E-state index contributed by atoms with van der Waals surface area (Å²) in [6.45, 7) is 0. The minimum absolute atomic E-state index is 0.438. The van der Waals surface area contributed by atoms with Crippen LogP contribution in [0.2, 0.25) is 0 Å². The summed E-state index contributed by atoms with van der Waals surface area (Å²) in [6, 6.07) is 5.51. The van der Waals surface area contributed by atoms with Crippen molar-refractivity contribution in [1.82, 2.24) is 0 Å². The molecule has 3 nitrogen and oxygen atoms in total. The van der Waals surface area contributed by atoms with E-state index in [-0.39, 0.29) is 0 Å². The largest absolute Gasteiger partial charge is 0.493 e. The van der Waals surface area contributed by atoms with E-state index < -0.39 is 6.10 Å². The highest BCUT2D eigenvalue weighted by molar-refractivity contribution is 7.98. The second-order valence-corrected chi connectivity index (χ2v) is 4.40. The molecule has 0 heterocycles. The molecule has 0 amide bonds. The van der Waals surface area contributed by atoms with Crippen LogP contribution in [0.1, 0.15) is 18.1 Å². The highest BCUT2D eigenvalue weighted by atomic mass is 32.2. The molecule has 1 aromatic carbocycles. The van der Waals surface area contributed by atoms with E-state index in [0.717, 1.165) is 17.7 Å². The van der Waals surface area contributed by atoms with Crippen molar-refractivity contribution in [1.29, 1.82) is 0 Å². The van der Waals surface area contributed by atoms with Gasteiger partial charge in [-0.2, -0.15) is 11.8 Å². The molecule has 0 aliphatic carbocycles. The number of aliphatic hydroxyl groups is 1. The zero-order chi connectivity index (χ0) is 12.0. The van der Waals surface area contributed by atoms with E-state index >= 15 is 0 Å². The molecular formula is C12H18O3S. The van der Waals surface area contributed by atoms with Gasteiger partial charge in [0.2, 0.25) is 0 Å². The van der Waals surface area contributed by atoms with Crippen LogP contribution in [0, 0.1) is 0 Å². The first kappa shape index (κ1) is 13.2. The van der Waals surface area contributed by atoms with Gasteiger partial charge in [-0.25, -0.2) is 0 Å². The second kappa shape index (κ2) is 6.66. The third kappa shape index (κ3) is 3.32. The van der Waals surface area contributed by atoms with E-state index in [1.165, 1.54) is 0 Å². The smallest absolute Gasteiger partial charge is 0.161 e. The van der Waals surface area contributed by atoms with Crippen LogP contribution in [0.25, 0.3) is 0 Å². The standard InChI is InChI=1S/C12H18O3S/c1-14-11-5-4-9(8-12(11)15-2)10(13)6-7-16-3/h4-5,8,10,13H,6-7H2,1-3H3. The van der Waals surface area contributed by atoms with Crippen LogP contribution in [-0.2, 0) is 0 Å². The molecule has 0 aromatic heterocycles. The number of benzene rings is 1. The predicted octanol–water partition coefficient (Wildman–Crippen LogP) is 2.49. The van der Waals surface area contributed by atoms with Crippen molar-refractivity contribution in [2.45, 2.75) is 12.5 Å². The molecule has 0 saturated carbocycles. The monoisotopic (exact) mass is 242 g/mol. The quantitative estimate of drug-likeness (QED) is 0.832. The molecule has 0 aliphatic heterocycles. The van der Waals surface area contributed by atoms with Crippen molar-refractivity contribution in [3.63, 3.8) is 0 Å². The number of thioether (sulfide) groups is 1. The Morgan fingerprint density at radius 1 is 1.25 bits per heavy atom. The highest BCUT2D eigenvalue weighted by Crippen LogP contribution is 2.31. The number of hydrogen-bond acceptors (Lipinski definition) is 4. The second-order valence-electron chi connectivity index (χ2n) is 3.41. The van der Waals surface area contributed by atoms with E-state index in [0.29, 0.717) is 11.5 Å². The van der Waals surface area contributed by atoms with Gasteiger partial charge in [0.05, 0.1) is 20.3 Å². The summed E-state index contributed by atoms with van der Waals surface area (Å²) < 4.78 is 10.3. The Morgan fingerprint density at radius 3 is 2.50 bits per heavy atom. The van der Waals surface area contributed by atoms with Crippen LogP contribution in [0.5, 0.6) is 11.5 Å². The molecule has 0 radical (unpaired) electrons. The molecule has 1 aromatic rings. The van der Waals surface area contributed by atoms with Gasteiger partial charge >= 0.3 is 0 Å². The van der Waals surface area contributed by atoms with E-state index in [1.807, 2.05) is 24.5 Å².